The minimum Gasteiger partial charge on any atom is -0.495 e. The van der Waals surface area contributed by atoms with Crippen LogP contribution in [0.1, 0.15) is 24.8 Å². The van der Waals surface area contributed by atoms with Gasteiger partial charge in [0.1, 0.15) is 11.9 Å². The summed E-state index contributed by atoms with van der Waals surface area (Å²) in [4.78, 5) is 11.7. The number of thiol groups is 1. The van der Waals surface area contributed by atoms with Crippen molar-refractivity contribution in [3.63, 3.8) is 0 Å². The molecule has 2 atom stereocenters. The van der Waals surface area contributed by atoms with Gasteiger partial charge in [-0.1, -0.05) is 79.4 Å². The van der Waals surface area contributed by atoms with Crippen LogP contribution in [-0.2, 0) is 20.7 Å². The van der Waals surface area contributed by atoms with Gasteiger partial charge in [0.2, 0.25) is 5.91 Å². The third kappa shape index (κ3) is 11.5. The van der Waals surface area contributed by atoms with Crippen LogP contribution in [0.3, 0.4) is 0 Å². The maximum atomic E-state index is 11.7. The molecule has 188 valence electrons. The molecule has 2 rings (SSSR count). The maximum absolute atomic E-state index is 11.7. The molecule has 2 N–H and O–H groups in total. The molecule has 0 aliphatic rings. The van der Waals surface area contributed by atoms with Gasteiger partial charge in [0.15, 0.2) is 0 Å². The van der Waals surface area contributed by atoms with Gasteiger partial charge in [0.05, 0.1) is 19.3 Å². The van der Waals surface area contributed by atoms with Crippen molar-refractivity contribution in [2.75, 3.05) is 25.6 Å². The van der Waals surface area contributed by atoms with Crippen LogP contribution in [0.15, 0.2) is 91.7 Å². The van der Waals surface area contributed by atoms with Crippen molar-refractivity contribution in [3.8, 4) is 11.1 Å². The molecule has 0 saturated heterocycles. The predicted molar refractivity (Wildman–Crippen MR) is 146 cm³/mol. The summed E-state index contributed by atoms with van der Waals surface area (Å²) in [6, 6.07) is 18.3. The normalized spacial score (nSPS) is 12.7. The largest absolute Gasteiger partial charge is 0.495 e. The Balaban J connectivity index is 1.54. The van der Waals surface area contributed by atoms with E-state index >= 15 is 0 Å². The highest BCUT2D eigenvalue weighted by molar-refractivity contribution is 7.80. The molecule has 35 heavy (non-hydrogen) atoms. The van der Waals surface area contributed by atoms with Gasteiger partial charge in [-0.15, -0.1) is 6.58 Å². The standard InChI is InChI=1S/C29H37NO4S/c1-3-27(22-35)30-29(32)13-10-19-33-18-8-5-9-20-34-23(2)28(31)21-24-14-16-26(17-15-24)25-11-6-4-7-12-25/h3-8,11-12,14-17,27-28,31,35H,1-2,9-10,13,18-22H2,(H,30,32)/b8-5-/t27-,28+/m1/s1. The third-order valence-corrected chi connectivity index (χ3v) is 5.73. The number of aliphatic hydroxyl groups excluding tert-OH is 1. The van der Waals surface area contributed by atoms with E-state index < -0.39 is 6.10 Å². The van der Waals surface area contributed by atoms with E-state index in [1.54, 1.807) is 6.08 Å². The lowest BCUT2D eigenvalue weighted by molar-refractivity contribution is -0.121. The quantitative estimate of drug-likeness (QED) is 0.123. The van der Waals surface area contributed by atoms with E-state index in [9.17, 15) is 9.90 Å². The first kappa shape index (κ1) is 28.4. The fraction of sp³-hybridized carbons (Fsp3) is 0.345. The molecule has 0 saturated carbocycles. The van der Waals surface area contributed by atoms with E-state index in [0.717, 1.165) is 11.1 Å². The molecule has 2 aromatic rings. The van der Waals surface area contributed by atoms with Gasteiger partial charge >= 0.3 is 0 Å². The number of ether oxygens (including phenoxy) is 2. The van der Waals surface area contributed by atoms with Gasteiger partial charge < -0.3 is 19.9 Å². The van der Waals surface area contributed by atoms with Crippen LogP contribution < -0.4 is 5.32 Å². The van der Waals surface area contributed by atoms with Crippen molar-refractivity contribution in [2.45, 2.75) is 37.8 Å². The second kappa shape index (κ2) is 16.8. The number of nitrogens with one attached hydrogen (secondary N) is 1. The van der Waals surface area contributed by atoms with Gasteiger partial charge in [-0.25, -0.2) is 0 Å². The monoisotopic (exact) mass is 495 g/mol. The molecule has 0 radical (unpaired) electrons. The van der Waals surface area contributed by atoms with Crippen LogP contribution in [0.25, 0.3) is 11.1 Å². The number of carbonyl (C=O) groups is 1. The fourth-order valence-electron chi connectivity index (χ4n) is 3.29. The average molecular weight is 496 g/mol. The molecule has 0 aliphatic carbocycles. The first-order valence-electron chi connectivity index (χ1n) is 11.9. The van der Waals surface area contributed by atoms with Crippen molar-refractivity contribution in [2.24, 2.45) is 0 Å². The van der Waals surface area contributed by atoms with Crippen molar-refractivity contribution in [1.29, 1.82) is 0 Å². The predicted octanol–water partition coefficient (Wildman–Crippen LogP) is 5.13. The van der Waals surface area contributed by atoms with E-state index in [4.69, 9.17) is 9.47 Å². The summed E-state index contributed by atoms with van der Waals surface area (Å²) in [6.07, 6.45) is 7.03. The van der Waals surface area contributed by atoms with E-state index in [1.165, 1.54) is 5.56 Å². The number of amides is 1. The van der Waals surface area contributed by atoms with Crippen molar-refractivity contribution < 1.29 is 19.4 Å². The summed E-state index contributed by atoms with van der Waals surface area (Å²) in [5.74, 6) is 0.888. The maximum Gasteiger partial charge on any atom is 0.220 e. The second-order valence-corrected chi connectivity index (χ2v) is 8.49. The van der Waals surface area contributed by atoms with Crippen LogP contribution >= 0.6 is 12.6 Å². The molecule has 0 aromatic heterocycles. The minimum absolute atomic E-state index is 0.0214. The molecule has 0 spiro atoms. The molecule has 2 aromatic carbocycles. The zero-order chi connectivity index (χ0) is 25.3. The number of carbonyl (C=O) groups excluding carboxylic acids is 1. The summed E-state index contributed by atoms with van der Waals surface area (Å²) in [5.41, 5.74) is 3.34. The summed E-state index contributed by atoms with van der Waals surface area (Å²) in [7, 11) is 0. The van der Waals surface area contributed by atoms with Crippen molar-refractivity contribution in [3.05, 3.63) is 97.3 Å². The van der Waals surface area contributed by atoms with E-state index in [2.05, 4.69) is 55.4 Å². The lowest BCUT2D eigenvalue weighted by Crippen LogP contribution is -2.34. The zero-order valence-corrected chi connectivity index (χ0v) is 21.2. The Morgan fingerprint density at radius 1 is 1.06 bits per heavy atom. The highest BCUT2D eigenvalue weighted by Gasteiger charge is 2.11. The van der Waals surface area contributed by atoms with E-state index in [1.807, 2.05) is 42.5 Å². The van der Waals surface area contributed by atoms with Gasteiger partial charge in [-0.2, -0.15) is 12.6 Å². The number of hydrogen-bond acceptors (Lipinski definition) is 5. The molecule has 0 bridgehead atoms. The lowest BCUT2D eigenvalue weighted by atomic mass is 10.0. The number of hydrogen-bond donors (Lipinski definition) is 3. The van der Waals surface area contributed by atoms with Crippen LogP contribution in [0.2, 0.25) is 0 Å². The molecular weight excluding hydrogens is 458 g/mol. The first-order valence-corrected chi connectivity index (χ1v) is 12.6. The molecule has 5 nitrogen and oxygen atoms in total. The molecule has 0 heterocycles. The Bertz CT molecular complexity index is 927. The highest BCUT2D eigenvalue weighted by Crippen LogP contribution is 2.20. The molecular formula is C29H37NO4S. The number of rotatable bonds is 17. The van der Waals surface area contributed by atoms with Gasteiger partial charge in [0.25, 0.3) is 0 Å². The lowest BCUT2D eigenvalue weighted by Gasteiger charge is -2.15. The van der Waals surface area contributed by atoms with E-state index in [0.29, 0.717) is 57.0 Å². The zero-order valence-electron chi connectivity index (χ0n) is 20.3. The number of benzene rings is 2. The van der Waals surface area contributed by atoms with Crippen molar-refractivity contribution >= 4 is 18.5 Å². The Morgan fingerprint density at radius 3 is 2.46 bits per heavy atom. The van der Waals surface area contributed by atoms with Gasteiger partial charge in [-0.05, 0) is 29.5 Å². The molecule has 6 heteroatoms. The Kier molecular flexibility index (Phi) is 13.6. The molecule has 0 unspecified atom stereocenters. The first-order chi connectivity index (χ1) is 17.0. The molecule has 0 fully saturated rings. The van der Waals surface area contributed by atoms with Crippen LogP contribution in [0.5, 0.6) is 0 Å². The summed E-state index contributed by atoms with van der Waals surface area (Å²) >= 11 is 4.15. The fourth-order valence-corrected chi connectivity index (χ4v) is 3.53. The Morgan fingerprint density at radius 2 is 1.77 bits per heavy atom. The third-order valence-electron chi connectivity index (χ3n) is 5.33. The summed E-state index contributed by atoms with van der Waals surface area (Å²) in [5, 5.41) is 13.2. The van der Waals surface area contributed by atoms with Gasteiger partial charge in [0, 0.05) is 25.2 Å². The van der Waals surface area contributed by atoms with Crippen LogP contribution in [-0.4, -0.2) is 48.7 Å². The SMILES string of the molecule is C=C[C@H](CS)NC(=O)CCCOC/C=C\CCOC(=C)[C@@H](O)Cc1ccc(-c2ccccc2)cc1. The summed E-state index contributed by atoms with van der Waals surface area (Å²) in [6.45, 7) is 8.96. The molecule has 1 amide bonds. The van der Waals surface area contributed by atoms with E-state index in [-0.39, 0.29) is 11.9 Å². The Hall–Kier alpha value is -2.80. The summed E-state index contributed by atoms with van der Waals surface area (Å²) < 4.78 is 11.1. The van der Waals surface area contributed by atoms with Crippen LogP contribution in [0, 0.1) is 0 Å². The van der Waals surface area contributed by atoms with Gasteiger partial charge in [-0.3, -0.25) is 4.79 Å². The van der Waals surface area contributed by atoms with Crippen LogP contribution in [0.4, 0.5) is 0 Å². The Labute approximate surface area is 215 Å². The topological polar surface area (TPSA) is 67.8 Å². The second-order valence-electron chi connectivity index (χ2n) is 8.13. The number of aliphatic hydroxyl groups is 1. The smallest absolute Gasteiger partial charge is 0.220 e. The average Bonchev–Trinajstić information content (AvgIpc) is 2.89. The van der Waals surface area contributed by atoms with Crippen molar-refractivity contribution in [1.82, 2.24) is 5.32 Å². The minimum atomic E-state index is -0.753. The highest BCUT2D eigenvalue weighted by atomic mass is 32.1. The molecule has 0 aliphatic heterocycles.